The third kappa shape index (κ3) is 5.31. The first-order chi connectivity index (χ1) is 24.8. The van der Waals surface area contributed by atoms with Crippen LogP contribution in [-0.4, -0.2) is 72.2 Å². The number of nitrogens with zero attached hydrogens (tertiary/aromatic N) is 7. The Morgan fingerprint density at radius 3 is 1.53 bits per heavy atom. The standard InChI is InChI=1S/C32H18N9O2S.C5H12N.Cu/c33-44(42,43)23-15-7-14-22-24(23)32-40-30-21-13-6-5-12-20(21)28(38-30)36-26-17-9-2-1-8-16(17)25(34-26)35-27-18-10-3-4-11-19(18)29(37-27)39-31(22)41-32;1-4-5-6(2)3;/h1-15H,(H3-,33,34,35,36,37,38,39,40,41,42,43);5H,4H2,1-3H3;/q-1;;+1. The SMILES string of the molecule is CC[CH]([Cu][NH]S(=O)(=O)c1cccc2c3nc4nc(nc5[nH]c(nc6nc(nc([nH]3)c12)-c1ccccc1-6)c1ccccc51)-c1ccccc1-4)N(C)C. The van der Waals surface area contributed by atoms with Gasteiger partial charge in [0.25, 0.3) is 0 Å². The van der Waals surface area contributed by atoms with E-state index in [4.69, 9.17) is 29.9 Å². The van der Waals surface area contributed by atoms with E-state index in [1.807, 2.05) is 105 Å². The Morgan fingerprint density at radius 1 is 0.608 bits per heavy atom. The number of nitrogens with one attached hydrogen (secondary N) is 3. The molecule has 1 unspecified atom stereocenters. The van der Waals surface area contributed by atoms with Gasteiger partial charge in [-0.3, -0.25) is 0 Å². The molecule has 257 valence electrons. The van der Waals surface area contributed by atoms with Crippen LogP contribution in [0.25, 0.3) is 89.7 Å². The zero-order valence-electron chi connectivity index (χ0n) is 27.6. The van der Waals surface area contributed by atoms with Crippen molar-refractivity contribution in [1.82, 2.24) is 48.5 Å². The van der Waals surface area contributed by atoms with E-state index in [0.29, 0.717) is 56.7 Å². The Hall–Kier alpha value is -5.37. The Kier molecular flexibility index (Phi) is 7.53. The number of rotatable bonds is 6. The van der Waals surface area contributed by atoms with Crippen LogP contribution in [0.4, 0.5) is 0 Å². The normalized spacial score (nSPS) is 13.2. The predicted molar refractivity (Wildman–Crippen MR) is 194 cm³/mol. The van der Waals surface area contributed by atoms with Crippen LogP contribution in [0.5, 0.6) is 0 Å². The van der Waals surface area contributed by atoms with Gasteiger partial charge in [0.05, 0.1) is 0 Å². The molecule has 9 rings (SSSR count). The van der Waals surface area contributed by atoms with Crippen LogP contribution in [0, 0.1) is 0 Å². The molecular formula is C37H30CuN10O2S. The first-order valence-electron chi connectivity index (χ1n) is 16.2. The zero-order chi connectivity index (χ0) is 34.9. The molecule has 0 saturated heterocycles. The molecule has 2 aliphatic heterocycles. The Morgan fingerprint density at radius 2 is 1.04 bits per heavy atom. The van der Waals surface area contributed by atoms with Crippen molar-refractivity contribution in [1.29, 1.82) is 0 Å². The molecule has 4 aromatic carbocycles. The summed E-state index contributed by atoms with van der Waals surface area (Å²) in [5, 5.41) is 2.72. The fraction of sp³-hybridized carbons (Fsp3) is 0.135. The Balaban J connectivity index is 1.41. The van der Waals surface area contributed by atoms with Crippen LogP contribution in [0.3, 0.4) is 0 Å². The molecule has 14 heteroatoms. The molecule has 2 aliphatic rings. The third-order valence-electron chi connectivity index (χ3n) is 8.87. The first-order valence-corrected chi connectivity index (χ1v) is 18.7. The van der Waals surface area contributed by atoms with Gasteiger partial charge >= 0.3 is 270 Å². The quantitative estimate of drug-likeness (QED) is 0.163. The molecule has 8 bridgehead atoms. The molecule has 0 spiro atoms. The third-order valence-corrected chi connectivity index (χ3v) is 12.3. The number of hydrogen-bond donors (Lipinski definition) is 3. The molecule has 7 aromatic rings. The van der Waals surface area contributed by atoms with E-state index in [2.05, 4.69) is 13.7 Å². The van der Waals surface area contributed by atoms with E-state index in [9.17, 15) is 8.42 Å². The monoisotopic (exact) mass is 741 g/mol. The summed E-state index contributed by atoms with van der Waals surface area (Å²) in [5.41, 5.74) is 5.09. The van der Waals surface area contributed by atoms with Crippen molar-refractivity contribution < 1.29 is 23.6 Å². The van der Waals surface area contributed by atoms with Gasteiger partial charge in [-0.05, 0) is 0 Å². The average Bonchev–Trinajstić information content (AvgIpc) is 3.87. The summed E-state index contributed by atoms with van der Waals surface area (Å²) < 4.78 is 30.9. The molecule has 51 heavy (non-hydrogen) atoms. The summed E-state index contributed by atoms with van der Waals surface area (Å²) in [6.45, 7) is 2.01. The molecule has 0 fully saturated rings. The van der Waals surface area contributed by atoms with Crippen molar-refractivity contribution in [3.05, 3.63) is 91.0 Å². The molecule has 3 N–H and O–H groups in total. The number of fused-ring (bicyclic) bond motifs is 20. The minimum absolute atomic E-state index is 0.0644. The number of benzene rings is 4. The van der Waals surface area contributed by atoms with Gasteiger partial charge in [-0.2, -0.15) is 0 Å². The van der Waals surface area contributed by atoms with Gasteiger partial charge in [-0.1, -0.05) is 24.3 Å². The van der Waals surface area contributed by atoms with Crippen LogP contribution in [-0.2, 0) is 25.2 Å². The van der Waals surface area contributed by atoms with Gasteiger partial charge in [0, 0.05) is 5.39 Å². The van der Waals surface area contributed by atoms with Gasteiger partial charge < -0.3 is 0 Å². The van der Waals surface area contributed by atoms with Crippen molar-refractivity contribution in [2.24, 2.45) is 0 Å². The summed E-state index contributed by atoms with van der Waals surface area (Å²) in [6, 6.07) is 28.5. The molecule has 12 nitrogen and oxygen atoms in total. The number of aromatic nitrogens is 8. The van der Waals surface area contributed by atoms with Gasteiger partial charge in [0.1, 0.15) is 0 Å². The molecule has 5 heterocycles. The molecule has 0 aliphatic carbocycles. The summed E-state index contributed by atoms with van der Waals surface area (Å²) >= 11 is 1.26. The van der Waals surface area contributed by atoms with Crippen molar-refractivity contribution in [2.75, 3.05) is 14.1 Å². The van der Waals surface area contributed by atoms with E-state index < -0.39 is 10.0 Å². The molecular weight excluding hydrogens is 712 g/mol. The van der Waals surface area contributed by atoms with Gasteiger partial charge in [-0.15, -0.1) is 0 Å². The molecule has 0 amide bonds. The fourth-order valence-corrected chi connectivity index (χ4v) is 9.05. The summed E-state index contributed by atoms with van der Waals surface area (Å²) in [5.74, 6) is 1.78. The second-order valence-corrected chi connectivity index (χ2v) is 15.4. The van der Waals surface area contributed by atoms with Gasteiger partial charge in [0.2, 0.25) is 0 Å². The van der Waals surface area contributed by atoms with Crippen molar-refractivity contribution in [3.8, 4) is 45.6 Å². The maximum absolute atomic E-state index is 14.1. The van der Waals surface area contributed by atoms with Crippen LogP contribution in [0.2, 0.25) is 0 Å². The molecule has 0 radical (unpaired) electrons. The van der Waals surface area contributed by atoms with Gasteiger partial charge in [-0.25, -0.2) is 0 Å². The van der Waals surface area contributed by atoms with Crippen LogP contribution >= 0.6 is 0 Å². The molecule has 0 saturated carbocycles. The number of H-pyrrole nitrogens is 2. The number of hydrogen-bond acceptors (Lipinski definition) is 9. The molecule has 1 atom stereocenters. The van der Waals surface area contributed by atoms with E-state index in [1.54, 1.807) is 12.1 Å². The summed E-state index contributed by atoms with van der Waals surface area (Å²) in [6.07, 6.45) is 0.741. The van der Waals surface area contributed by atoms with Crippen molar-refractivity contribution >= 4 is 54.2 Å². The first kappa shape index (κ1) is 31.6. The number of aromatic amines is 2. The summed E-state index contributed by atoms with van der Waals surface area (Å²) in [4.78, 5) is 38.6. The second-order valence-electron chi connectivity index (χ2n) is 12.3. The predicted octanol–water partition coefficient (Wildman–Crippen LogP) is 6.44. The van der Waals surface area contributed by atoms with Crippen molar-refractivity contribution in [3.63, 3.8) is 0 Å². The maximum atomic E-state index is 14.1. The summed E-state index contributed by atoms with van der Waals surface area (Å²) in [7, 11) is -0.196. The Bertz CT molecular complexity index is 2830. The Labute approximate surface area is 298 Å². The minimum atomic E-state index is -4.03. The van der Waals surface area contributed by atoms with Gasteiger partial charge in [0.15, 0.2) is 0 Å². The van der Waals surface area contributed by atoms with Crippen LogP contribution < -0.4 is 3.74 Å². The van der Waals surface area contributed by atoms with E-state index in [1.165, 1.54) is 15.2 Å². The molecule has 3 aromatic heterocycles. The fourth-order valence-electron chi connectivity index (χ4n) is 6.51. The van der Waals surface area contributed by atoms with E-state index >= 15 is 0 Å². The van der Waals surface area contributed by atoms with Crippen LogP contribution in [0.1, 0.15) is 13.3 Å². The second kappa shape index (κ2) is 12.1. The van der Waals surface area contributed by atoms with E-state index in [0.717, 1.165) is 39.4 Å². The number of sulfonamides is 1. The van der Waals surface area contributed by atoms with Crippen LogP contribution in [0.15, 0.2) is 95.9 Å². The average molecular weight is 742 g/mol. The zero-order valence-corrected chi connectivity index (χ0v) is 29.4. The van der Waals surface area contributed by atoms with E-state index in [-0.39, 0.29) is 9.84 Å². The topological polar surface area (TPSA) is 158 Å². The van der Waals surface area contributed by atoms with Crippen molar-refractivity contribution in [2.45, 2.75) is 23.2 Å².